The van der Waals surface area contributed by atoms with E-state index in [2.05, 4.69) is 15.3 Å². The first-order chi connectivity index (χ1) is 10.9. The molecule has 0 fully saturated rings. The molecule has 3 N–H and O–H groups in total. The van der Waals surface area contributed by atoms with Crippen molar-refractivity contribution >= 4 is 5.91 Å². The van der Waals surface area contributed by atoms with Crippen LogP contribution in [0.25, 0.3) is 11.1 Å². The molecule has 6 heteroatoms. The van der Waals surface area contributed by atoms with Crippen LogP contribution in [-0.4, -0.2) is 33.6 Å². The van der Waals surface area contributed by atoms with Crippen molar-refractivity contribution in [2.75, 3.05) is 6.54 Å². The molecule has 0 saturated carbocycles. The number of pyridine rings is 2. The van der Waals surface area contributed by atoms with Crippen molar-refractivity contribution in [2.24, 2.45) is 0 Å². The van der Waals surface area contributed by atoms with E-state index in [1.807, 2.05) is 19.9 Å². The standard InChI is InChI=1S/C17H21N3O3/c1-4-12-6-15(11(3)20-17(12)23)13-5-14(9-18-8-13)16(22)19-7-10(2)21/h5-6,8-10,21H,4,7H2,1-3H3,(H,19,22)(H,20,23). The number of aromatic nitrogens is 2. The third kappa shape index (κ3) is 4.04. The first-order valence-corrected chi connectivity index (χ1v) is 7.56. The summed E-state index contributed by atoms with van der Waals surface area (Å²) in [5.41, 5.74) is 3.35. The van der Waals surface area contributed by atoms with E-state index in [1.165, 1.54) is 6.20 Å². The average molecular weight is 315 g/mol. The van der Waals surface area contributed by atoms with Gasteiger partial charge >= 0.3 is 0 Å². The Balaban J connectivity index is 2.37. The molecule has 2 aromatic heterocycles. The van der Waals surface area contributed by atoms with Crippen LogP contribution in [0.4, 0.5) is 0 Å². The Morgan fingerprint density at radius 1 is 1.39 bits per heavy atom. The number of aryl methyl sites for hydroxylation is 2. The Bertz CT molecular complexity index is 766. The van der Waals surface area contributed by atoms with E-state index >= 15 is 0 Å². The Morgan fingerprint density at radius 3 is 2.78 bits per heavy atom. The second-order valence-electron chi connectivity index (χ2n) is 5.54. The van der Waals surface area contributed by atoms with E-state index in [1.54, 1.807) is 19.2 Å². The first kappa shape index (κ1) is 16.9. The second-order valence-corrected chi connectivity index (χ2v) is 5.54. The molecule has 0 aromatic carbocycles. The van der Waals surface area contributed by atoms with Gasteiger partial charge in [-0.15, -0.1) is 0 Å². The van der Waals surface area contributed by atoms with E-state index in [9.17, 15) is 14.7 Å². The molecule has 2 aromatic rings. The van der Waals surface area contributed by atoms with Gasteiger partial charge in [0.2, 0.25) is 0 Å². The topological polar surface area (TPSA) is 95.1 Å². The van der Waals surface area contributed by atoms with Crippen LogP contribution in [-0.2, 0) is 6.42 Å². The number of hydrogen-bond acceptors (Lipinski definition) is 4. The van der Waals surface area contributed by atoms with Crippen LogP contribution >= 0.6 is 0 Å². The van der Waals surface area contributed by atoms with Gasteiger partial charge in [0, 0.05) is 41.3 Å². The molecule has 2 rings (SSSR count). The summed E-state index contributed by atoms with van der Waals surface area (Å²) in [6, 6.07) is 3.56. The average Bonchev–Trinajstić information content (AvgIpc) is 2.53. The van der Waals surface area contributed by atoms with E-state index in [0.717, 1.165) is 16.8 Å². The smallest absolute Gasteiger partial charge is 0.252 e. The predicted octanol–water partition coefficient (Wildman–Crippen LogP) is 1.42. The summed E-state index contributed by atoms with van der Waals surface area (Å²) in [5, 5.41) is 11.9. The maximum Gasteiger partial charge on any atom is 0.252 e. The first-order valence-electron chi connectivity index (χ1n) is 7.56. The zero-order valence-corrected chi connectivity index (χ0v) is 13.5. The number of rotatable bonds is 5. The number of carbonyl (C=O) groups excluding carboxylic acids is 1. The SMILES string of the molecule is CCc1cc(-c2cncc(C(=O)NCC(C)O)c2)c(C)[nH]c1=O. The largest absolute Gasteiger partial charge is 0.392 e. The van der Waals surface area contributed by atoms with Gasteiger partial charge in [-0.2, -0.15) is 0 Å². The molecule has 2 heterocycles. The molecule has 0 spiro atoms. The Morgan fingerprint density at radius 2 is 2.13 bits per heavy atom. The number of H-pyrrole nitrogens is 1. The van der Waals surface area contributed by atoms with Crippen molar-refractivity contribution in [1.29, 1.82) is 0 Å². The monoisotopic (exact) mass is 315 g/mol. The van der Waals surface area contributed by atoms with Crippen LogP contribution in [0.2, 0.25) is 0 Å². The van der Waals surface area contributed by atoms with E-state index in [-0.39, 0.29) is 18.0 Å². The number of aliphatic hydroxyl groups is 1. The number of amides is 1. The van der Waals surface area contributed by atoms with Crippen molar-refractivity contribution in [2.45, 2.75) is 33.3 Å². The minimum Gasteiger partial charge on any atom is -0.392 e. The van der Waals surface area contributed by atoms with Crippen LogP contribution in [0, 0.1) is 6.92 Å². The minimum atomic E-state index is -0.608. The molecule has 0 aliphatic carbocycles. The maximum absolute atomic E-state index is 12.1. The molecule has 122 valence electrons. The van der Waals surface area contributed by atoms with Crippen LogP contribution < -0.4 is 10.9 Å². The van der Waals surface area contributed by atoms with E-state index in [4.69, 9.17) is 0 Å². The molecule has 23 heavy (non-hydrogen) atoms. The molecule has 1 unspecified atom stereocenters. The van der Waals surface area contributed by atoms with E-state index < -0.39 is 6.10 Å². The van der Waals surface area contributed by atoms with Gasteiger partial charge in [-0.05, 0) is 32.4 Å². The van der Waals surface area contributed by atoms with Gasteiger partial charge in [-0.3, -0.25) is 14.6 Å². The van der Waals surface area contributed by atoms with Crippen LogP contribution in [0.15, 0.2) is 29.3 Å². The zero-order chi connectivity index (χ0) is 17.0. The van der Waals surface area contributed by atoms with Gasteiger partial charge < -0.3 is 15.4 Å². The third-order valence-corrected chi connectivity index (χ3v) is 3.57. The quantitative estimate of drug-likeness (QED) is 0.777. The highest BCUT2D eigenvalue weighted by Gasteiger charge is 2.11. The lowest BCUT2D eigenvalue weighted by molar-refractivity contribution is 0.0923. The van der Waals surface area contributed by atoms with Gasteiger partial charge in [0.25, 0.3) is 11.5 Å². The molecule has 0 bridgehead atoms. The molecule has 0 aliphatic heterocycles. The highest BCUT2D eigenvalue weighted by molar-refractivity contribution is 5.95. The lowest BCUT2D eigenvalue weighted by atomic mass is 10.0. The number of hydrogen-bond donors (Lipinski definition) is 3. The lowest BCUT2D eigenvalue weighted by Crippen LogP contribution is -2.30. The number of nitrogens with zero attached hydrogens (tertiary/aromatic N) is 1. The minimum absolute atomic E-state index is 0.0902. The van der Waals surface area contributed by atoms with Gasteiger partial charge in [0.05, 0.1) is 11.7 Å². The Hall–Kier alpha value is -2.47. The molecule has 0 saturated heterocycles. The summed E-state index contributed by atoms with van der Waals surface area (Å²) < 4.78 is 0. The van der Waals surface area contributed by atoms with Gasteiger partial charge in [0.1, 0.15) is 0 Å². The number of carbonyl (C=O) groups is 1. The predicted molar refractivity (Wildman–Crippen MR) is 88.4 cm³/mol. The van der Waals surface area contributed by atoms with Crippen LogP contribution in [0.3, 0.4) is 0 Å². The highest BCUT2D eigenvalue weighted by atomic mass is 16.3. The maximum atomic E-state index is 12.1. The highest BCUT2D eigenvalue weighted by Crippen LogP contribution is 2.22. The summed E-state index contributed by atoms with van der Waals surface area (Å²) in [6.45, 7) is 5.52. The second kappa shape index (κ2) is 7.19. The van der Waals surface area contributed by atoms with Crippen LogP contribution in [0.1, 0.15) is 35.5 Å². The number of aliphatic hydroxyl groups excluding tert-OH is 1. The van der Waals surface area contributed by atoms with E-state index in [0.29, 0.717) is 17.5 Å². The molecule has 0 radical (unpaired) electrons. The number of aromatic amines is 1. The summed E-state index contributed by atoms with van der Waals surface area (Å²) in [7, 11) is 0. The molecule has 0 aliphatic rings. The van der Waals surface area contributed by atoms with Crippen molar-refractivity contribution in [1.82, 2.24) is 15.3 Å². The van der Waals surface area contributed by atoms with Crippen molar-refractivity contribution < 1.29 is 9.90 Å². The normalized spacial score (nSPS) is 12.0. The molecule has 1 amide bonds. The van der Waals surface area contributed by atoms with Crippen LogP contribution in [0.5, 0.6) is 0 Å². The molecular formula is C17H21N3O3. The lowest BCUT2D eigenvalue weighted by Gasteiger charge is -2.10. The van der Waals surface area contributed by atoms with Crippen molar-refractivity contribution in [3.8, 4) is 11.1 Å². The Labute approximate surface area is 134 Å². The van der Waals surface area contributed by atoms with Gasteiger partial charge in [-0.25, -0.2) is 0 Å². The Kier molecular flexibility index (Phi) is 5.28. The molecular weight excluding hydrogens is 294 g/mol. The molecule has 6 nitrogen and oxygen atoms in total. The third-order valence-electron chi connectivity index (χ3n) is 3.57. The number of nitrogens with one attached hydrogen (secondary N) is 2. The van der Waals surface area contributed by atoms with Crippen molar-refractivity contribution in [3.05, 3.63) is 51.7 Å². The van der Waals surface area contributed by atoms with Gasteiger partial charge in [-0.1, -0.05) is 6.92 Å². The fourth-order valence-corrected chi connectivity index (χ4v) is 2.28. The summed E-state index contributed by atoms with van der Waals surface area (Å²) in [4.78, 5) is 30.8. The summed E-state index contributed by atoms with van der Waals surface area (Å²) in [5.74, 6) is -0.293. The molecule has 1 atom stereocenters. The van der Waals surface area contributed by atoms with Gasteiger partial charge in [0.15, 0.2) is 0 Å². The zero-order valence-electron chi connectivity index (χ0n) is 13.5. The summed E-state index contributed by atoms with van der Waals surface area (Å²) >= 11 is 0. The fraction of sp³-hybridized carbons (Fsp3) is 0.353. The summed E-state index contributed by atoms with van der Waals surface area (Å²) in [6.07, 6.45) is 3.15. The fourth-order valence-electron chi connectivity index (χ4n) is 2.28. The van der Waals surface area contributed by atoms with Crippen molar-refractivity contribution in [3.63, 3.8) is 0 Å².